The van der Waals surface area contributed by atoms with E-state index < -0.39 is 11.5 Å². The van der Waals surface area contributed by atoms with E-state index in [1.807, 2.05) is 49.4 Å². The lowest BCUT2D eigenvalue weighted by Gasteiger charge is -2.43. The zero-order chi connectivity index (χ0) is 30.5. The molecule has 1 amide bonds. The highest BCUT2D eigenvalue weighted by molar-refractivity contribution is 6.06. The molecule has 8 heteroatoms. The second kappa shape index (κ2) is 12.9. The van der Waals surface area contributed by atoms with E-state index in [9.17, 15) is 14.7 Å². The van der Waals surface area contributed by atoms with Gasteiger partial charge in [-0.15, -0.1) is 5.11 Å². The van der Waals surface area contributed by atoms with Gasteiger partial charge in [0, 0.05) is 30.1 Å². The standard InChI is InChI=1S/C36H37N5O3/c1-2-3-9-33(42)41(36(35(43)44)18-5-4-6-19-36)23-25-10-12-26(13-11-25)31-22-28(14-16-30(31)34-38-24-39-40-34)27-15-17-32-29(21-27)8-7-20-37-32/h7-8,10-17,20-22H,2-6,9,18-19,23-24H2,1H3,(H,43,44). The number of azo groups is 1. The first-order valence-electron chi connectivity index (χ1n) is 15.5. The molecule has 6 rings (SSSR count). The van der Waals surface area contributed by atoms with E-state index in [4.69, 9.17) is 0 Å². The summed E-state index contributed by atoms with van der Waals surface area (Å²) >= 11 is 0. The van der Waals surface area contributed by atoms with Crippen LogP contribution in [0.1, 0.15) is 69.4 Å². The van der Waals surface area contributed by atoms with E-state index >= 15 is 0 Å². The van der Waals surface area contributed by atoms with Crippen LogP contribution in [0, 0.1) is 0 Å². The Morgan fingerprint density at radius 3 is 2.36 bits per heavy atom. The van der Waals surface area contributed by atoms with Crippen molar-refractivity contribution >= 4 is 28.6 Å². The largest absolute Gasteiger partial charge is 0.479 e. The average molecular weight is 588 g/mol. The summed E-state index contributed by atoms with van der Waals surface area (Å²) in [4.78, 5) is 36.8. The van der Waals surface area contributed by atoms with Gasteiger partial charge in [-0.3, -0.25) is 9.78 Å². The summed E-state index contributed by atoms with van der Waals surface area (Å²) in [6.07, 6.45) is 7.42. The van der Waals surface area contributed by atoms with E-state index in [1.165, 1.54) is 0 Å². The molecule has 0 saturated heterocycles. The summed E-state index contributed by atoms with van der Waals surface area (Å²) in [5.41, 5.74) is 5.70. The van der Waals surface area contributed by atoms with Crippen molar-refractivity contribution in [2.45, 2.75) is 70.4 Å². The molecule has 1 aliphatic heterocycles. The summed E-state index contributed by atoms with van der Waals surface area (Å²) in [6.45, 7) is 2.64. The van der Waals surface area contributed by atoms with Crippen molar-refractivity contribution in [1.82, 2.24) is 9.88 Å². The lowest BCUT2D eigenvalue weighted by atomic mass is 9.79. The number of hydrogen-bond donors (Lipinski definition) is 1. The van der Waals surface area contributed by atoms with Crippen LogP contribution < -0.4 is 0 Å². The van der Waals surface area contributed by atoms with Crippen LogP contribution in [0.15, 0.2) is 94.2 Å². The Bertz CT molecular complexity index is 1740. The third-order valence-corrected chi connectivity index (χ3v) is 8.89. The Hall–Kier alpha value is -4.72. The number of hydrogen-bond acceptors (Lipinski definition) is 6. The number of carbonyl (C=O) groups excluding carboxylic acids is 1. The van der Waals surface area contributed by atoms with E-state index in [0.717, 1.165) is 76.4 Å². The Morgan fingerprint density at radius 1 is 0.886 bits per heavy atom. The number of carboxylic acids is 1. The first-order valence-corrected chi connectivity index (χ1v) is 15.5. The number of carbonyl (C=O) groups is 2. The van der Waals surface area contributed by atoms with Crippen LogP contribution in [0.4, 0.5) is 0 Å². The molecule has 8 nitrogen and oxygen atoms in total. The number of amidine groups is 1. The van der Waals surface area contributed by atoms with Crippen molar-refractivity contribution in [2.75, 3.05) is 6.67 Å². The highest BCUT2D eigenvalue weighted by atomic mass is 16.4. The topological polar surface area (TPSA) is 108 Å². The lowest BCUT2D eigenvalue weighted by Crippen LogP contribution is -2.57. The molecule has 1 N–H and O–H groups in total. The Balaban J connectivity index is 1.35. The highest BCUT2D eigenvalue weighted by Gasteiger charge is 2.46. The van der Waals surface area contributed by atoms with Gasteiger partial charge in [0.2, 0.25) is 5.91 Å². The molecule has 44 heavy (non-hydrogen) atoms. The number of aromatic nitrogens is 1. The average Bonchev–Trinajstić information content (AvgIpc) is 3.61. The number of aliphatic imine (C=N–C) groups is 1. The fourth-order valence-electron chi connectivity index (χ4n) is 6.43. The molecule has 1 aromatic heterocycles. The molecule has 224 valence electrons. The first kappa shape index (κ1) is 29.4. The van der Waals surface area contributed by atoms with Crippen molar-refractivity contribution in [1.29, 1.82) is 0 Å². The number of carboxylic acid groups (broad SMARTS) is 1. The smallest absolute Gasteiger partial charge is 0.329 e. The van der Waals surface area contributed by atoms with Gasteiger partial charge in [0.15, 0.2) is 12.5 Å². The second-order valence-corrected chi connectivity index (χ2v) is 11.7. The number of fused-ring (bicyclic) bond motifs is 1. The van der Waals surface area contributed by atoms with Crippen LogP contribution in [-0.2, 0) is 16.1 Å². The SMILES string of the molecule is CCCCC(=O)N(Cc1ccc(-c2cc(-c3ccc4ncccc4c3)ccc2C2=NCN=N2)cc1)C1(C(=O)O)CCCCC1. The number of rotatable bonds is 10. The number of unbranched alkanes of at least 4 members (excludes halogenated alkanes) is 1. The molecule has 1 saturated carbocycles. The number of benzene rings is 3. The maximum Gasteiger partial charge on any atom is 0.329 e. The van der Waals surface area contributed by atoms with Gasteiger partial charge in [-0.2, -0.15) is 5.11 Å². The summed E-state index contributed by atoms with van der Waals surface area (Å²) in [5.74, 6) is -0.367. The molecule has 0 spiro atoms. The normalized spacial score (nSPS) is 15.7. The third-order valence-electron chi connectivity index (χ3n) is 8.89. The minimum Gasteiger partial charge on any atom is -0.479 e. The van der Waals surface area contributed by atoms with Gasteiger partial charge in [0.25, 0.3) is 0 Å². The predicted octanol–water partition coefficient (Wildman–Crippen LogP) is 8.05. The summed E-state index contributed by atoms with van der Waals surface area (Å²) in [6, 6.07) is 24.6. The third kappa shape index (κ3) is 5.89. The molecule has 2 heterocycles. The molecule has 4 aromatic rings. The molecule has 1 aliphatic carbocycles. The van der Waals surface area contributed by atoms with Crippen molar-refractivity contribution in [2.24, 2.45) is 15.2 Å². The fourth-order valence-corrected chi connectivity index (χ4v) is 6.43. The van der Waals surface area contributed by atoms with Crippen molar-refractivity contribution in [3.63, 3.8) is 0 Å². The minimum atomic E-state index is -1.15. The molecule has 1 fully saturated rings. The molecular formula is C36H37N5O3. The van der Waals surface area contributed by atoms with E-state index in [1.54, 1.807) is 11.1 Å². The second-order valence-electron chi connectivity index (χ2n) is 11.7. The number of pyridine rings is 1. The predicted molar refractivity (Wildman–Crippen MR) is 172 cm³/mol. The summed E-state index contributed by atoms with van der Waals surface area (Å²) in [7, 11) is 0. The summed E-state index contributed by atoms with van der Waals surface area (Å²) < 4.78 is 0. The van der Waals surface area contributed by atoms with Gasteiger partial charge < -0.3 is 10.0 Å². The zero-order valence-electron chi connectivity index (χ0n) is 25.1. The molecule has 0 radical (unpaired) electrons. The van der Waals surface area contributed by atoms with Gasteiger partial charge in [0.1, 0.15) is 5.54 Å². The molecule has 3 aromatic carbocycles. The number of aliphatic carboxylic acids is 1. The molecule has 0 unspecified atom stereocenters. The van der Waals surface area contributed by atoms with Crippen LogP contribution in [0.5, 0.6) is 0 Å². The van der Waals surface area contributed by atoms with E-state index in [0.29, 0.717) is 31.8 Å². The van der Waals surface area contributed by atoms with Gasteiger partial charge >= 0.3 is 5.97 Å². The van der Waals surface area contributed by atoms with Gasteiger partial charge in [-0.1, -0.05) is 75.1 Å². The van der Waals surface area contributed by atoms with Crippen molar-refractivity contribution in [3.8, 4) is 22.3 Å². The van der Waals surface area contributed by atoms with E-state index in [-0.39, 0.29) is 12.5 Å². The number of nitrogens with zero attached hydrogens (tertiary/aromatic N) is 5. The Morgan fingerprint density at radius 2 is 1.64 bits per heavy atom. The van der Waals surface area contributed by atoms with Crippen LogP contribution in [0.25, 0.3) is 33.2 Å². The van der Waals surface area contributed by atoms with Crippen LogP contribution in [-0.4, -0.2) is 44.9 Å². The zero-order valence-corrected chi connectivity index (χ0v) is 25.1. The quantitative estimate of drug-likeness (QED) is 0.203. The highest BCUT2D eigenvalue weighted by Crippen LogP contribution is 2.37. The maximum atomic E-state index is 13.5. The van der Waals surface area contributed by atoms with Crippen molar-refractivity contribution in [3.05, 3.63) is 90.1 Å². The van der Waals surface area contributed by atoms with E-state index in [2.05, 4.69) is 50.5 Å². The van der Waals surface area contributed by atoms with Gasteiger partial charge in [-0.05, 0) is 77.4 Å². The van der Waals surface area contributed by atoms with Crippen LogP contribution in [0.3, 0.4) is 0 Å². The van der Waals surface area contributed by atoms with Gasteiger partial charge in [0.05, 0.1) is 5.52 Å². The lowest BCUT2D eigenvalue weighted by molar-refractivity contribution is -0.163. The molecule has 0 bridgehead atoms. The monoisotopic (exact) mass is 587 g/mol. The Labute approximate surface area is 257 Å². The maximum absolute atomic E-state index is 13.5. The number of amides is 1. The summed E-state index contributed by atoms with van der Waals surface area (Å²) in [5, 5.41) is 19.8. The van der Waals surface area contributed by atoms with Crippen molar-refractivity contribution < 1.29 is 14.7 Å². The molecule has 0 atom stereocenters. The molecular weight excluding hydrogens is 550 g/mol. The minimum absolute atomic E-state index is 0.0783. The molecule has 2 aliphatic rings. The van der Waals surface area contributed by atoms with Crippen LogP contribution >= 0.6 is 0 Å². The van der Waals surface area contributed by atoms with Crippen LogP contribution in [0.2, 0.25) is 0 Å². The fraction of sp³-hybridized carbons (Fsp3) is 0.333. The first-order chi connectivity index (χ1) is 21.5. The van der Waals surface area contributed by atoms with Gasteiger partial charge in [-0.25, -0.2) is 9.79 Å². The Kier molecular flexibility index (Phi) is 8.59.